The Kier molecular flexibility index (Phi) is 5.87. The van der Waals surface area contributed by atoms with E-state index in [0.717, 1.165) is 16.9 Å². The van der Waals surface area contributed by atoms with Crippen LogP contribution in [0.25, 0.3) is 0 Å². The van der Waals surface area contributed by atoms with E-state index in [-0.39, 0.29) is 11.9 Å². The van der Waals surface area contributed by atoms with Crippen molar-refractivity contribution >= 4 is 17.3 Å². The fourth-order valence-electron chi connectivity index (χ4n) is 3.02. The molecule has 2 N–H and O–H groups in total. The standard InChI is InChI=1S/C23H25N3O/c1-16(2)20-11-7-8-12-21(20)26-23(27)22-15-19(13-14-24-22)25-17(3)18-9-5-4-6-10-18/h4-17H,1-3H3,(H,24,25)(H,26,27). The minimum absolute atomic E-state index is 0.131. The third-order valence-electron chi connectivity index (χ3n) is 4.51. The fourth-order valence-corrected chi connectivity index (χ4v) is 3.02. The number of rotatable bonds is 6. The van der Waals surface area contributed by atoms with Crippen molar-refractivity contribution in [3.63, 3.8) is 0 Å². The maximum Gasteiger partial charge on any atom is 0.274 e. The van der Waals surface area contributed by atoms with Crippen molar-refractivity contribution in [1.29, 1.82) is 0 Å². The third kappa shape index (κ3) is 4.73. The van der Waals surface area contributed by atoms with E-state index in [2.05, 4.69) is 48.5 Å². The molecule has 138 valence electrons. The zero-order valence-electron chi connectivity index (χ0n) is 15.9. The van der Waals surface area contributed by atoms with Crippen LogP contribution in [-0.4, -0.2) is 10.9 Å². The predicted octanol–water partition coefficient (Wildman–Crippen LogP) is 5.63. The summed E-state index contributed by atoms with van der Waals surface area (Å²) in [7, 11) is 0. The van der Waals surface area contributed by atoms with Crippen LogP contribution in [-0.2, 0) is 0 Å². The van der Waals surface area contributed by atoms with E-state index in [9.17, 15) is 4.79 Å². The fraction of sp³-hybridized carbons (Fsp3) is 0.217. The lowest BCUT2D eigenvalue weighted by Crippen LogP contribution is -2.16. The van der Waals surface area contributed by atoms with Crippen LogP contribution in [0.2, 0.25) is 0 Å². The number of anilines is 2. The lowest BCUT2D eigenvalue weighted by atomic mass is 10.0. The molecule has 1 amide bonds. The van der Waals surface area contributed by atoms with Crippen molar-refractivity contribution in [3.8, 4) is 0 Å². The average molecular weight is 359 g/mol. The Morgan fingerprint density at radius 2 is 1.63 bits per heavy atom. The highest BCUT2D eigenvalue weighted by Gasteiger charge is 2.13. The number of nitrogens with one attached hydrogen (secondary N) is 2. The molecule has 2 aromatic carbocycles. The lowest BCUT2D eigenvalue weighted by Gasteiger charge is -2.16. The quantitative estimate of drug-likeness (QED) is 0.600. The first kappa shape index (κ1) is 18.6. The molecule has 0 saturated carbocycles. The van der Waals surface area contributed by atoms with Crippen molar-refractivity contribution in [3.05, 3.63) is 89.7 Å². The van der Waals surface area contributed by atoms with Gasteiger partial charge in [0.05, 0.1) is 0 Å². The second kappa shape index (κ2) is 8.49. The maximum absolute atomic E-state index is 12.7. The van der Waals surface area contributed by atoms with Crippen molar-refractivity contribution in [2.24, 2.45) is 0 Å². The molecule has 1 unspecified atom stereocenters. The maximum atomic E-state index is 12.7. The molecule has 4 nitrogen and oxygen atoms in total. The summed E-state index contributed by atoms with van der Waals surface area (Å²) in [6.45, 7) is 6.31. The van der Waals surface area contributed by atoms with E-state index in [4.69, 9.17) is 0 Å². The van der Waals surface area contributed by atoms with Gasteiger partial charge in [0.1, 0.15) is 5.69 Å². The SMILES string of the molecule is CC(C)c1ccccc1NC(=O)c1cc(NC(C)c2ccccc2)ccn1. The molecule has 4 heteroatoms. The average Bonchev–Trinajstić information content (AvgIpc) is 2.69. The van der Waals surface area contributed by atoms with Crippen LogP contribution in [0.1, 0.15) is 54.3 Å². The van der Waals surface area contributed by atoms with Crippen LogP contribution in [0.15, 0.2) is 72.9 Å². The number of benzene rings is 2. The van der Waals surface area contributed by atoms with Gasteiger partial charge in [-0.3, -0.25) is 9.78 Å². The molecule has 0 saturated heterocycles. The van der Waals surface area contributed by atoms with Gasteiger partial charge in [0.2, 0.25) is 0 Å². The molecule has 1 heterocycles. The number of para-hydroxylation sites is 1. The summed E-state index contributed by atoms with van der Waals surface area (Å²) < 4.78 is 0. The highest BCUT2D eigenvalue weighted by Crippen LogP contribution is 2.24. The van der Waals surface area contributed by atoms with Gasteiger partial charge in [-0.25, -0.2) is 0 Å². The molecule has 27 heavy (non-hydrogen) atoms. The van der Waals surface area contributed by atoms with Crippen LogP contribution >= 0.6 is 0 Å². The second-order valence-corrected chi connectivity index (χ2v) is 6.90. The van der Waals surface area contributed by atoms with E-state index in [0.29, 0.717) is 11.6 Å². The Balaban J connectivity index is 1.74. The monoisotopic (exact) mass is 359 g/mol. The highest BCUT2D eigenvalue weighted by molar-refractivity contribution is 6.03. The Bertz CT molecular complexity index is 906. The molecule has 0 aliphatic carbocycles. The Morgan fingerprint density at radius 3 is 2.37 bits per heavy atom. The van der Waals surface area contributed by atoms with Crippen molar-refractivity contribution in [2.75, 3.05) is 10.6 Å². The van der Waals surface area contributed by atoms with E-state index >= 15 is 0 Å². The van der Waals surface area contributed by atoms with Gasteiger partial charge in [0.15, 0.2) is 0 Å². The number of carbonyl (C=O) groups excluding carboxylic acids is 1. The normalized spacial score (nSPS) is 11.9. The molecule has 0 spiro atoms. The van der Waals surface area contributed by atoms with Crippen LogP contribution < -0.4 is 10.6 Å². The van der Waals surface area contributed by atoms with Crippen molar-refractivity contribution < 1.29 is 4.79 Å². The zero-order valence-corrected chi connectivity index (χ0v) is 15.9. The van der Waals surface area contributed by atoms with Gasteiger partial charge in [0.25, 0.3) is 5.91 Å². The third-order valence-corrected chi connectivity index (χ3v) is 4.51. The Labute approximate surface area is 160 Å². The number of hydrogen-bond donors (Lipinski definition) is 2. The molecule has 0 fully saturated rings. The van der Waals surface area contributed by atoms with Gasteiger partial charge >= 0.3 is 0 Å². The largest absolute Gasteiger partial charge is 0.378 e. The number of aromatic nitrogens is 1. The highest BCUT2D eigenvalue weighted by atomic mass is 16.1. The summed E-state index contributed by atoms with van der Waals surface area (Å²) in [6, 6.07) is 21.9. The van der Waals surface area contributed by atoms with Crippen molar-refractivity contribution in [2.45, 2.75) is 32.7 Å². The molecule has 3 rings (SSSR count). The first-order chi connectivity index (χ1) is 13.0. The van der Waals surface area contributed by atoms with E-state index in [1.165, 1.54) is 5.56 Å². The molecular weight excluding hydrogens is 334 g/mol. The number of hydrogen-bond acceptors (Lipinski definition) is 3. The van der Waals surface area contributed by atoms with Crippen LogP contribution in [0.5, 0.6) is 0 Å². The van der Waals surface area contributed by atoms with Gasteiger partial charge in [-0.05, 0) is 42.2 Å². The zero-order chi connectivity index (χ0) is 19.2. The summed E-state index contributed by atoms with van der Waals surface area (Å²) in [6.07, 6.45) is 1.66. The molecule has 3 aromatic rings. The summed E-state index contributed by atoms with van der Waals surface area (Å²) >= 11 is 0. The Morgan fingerprint density at radius 1 is 0.926 bits per heavy atom. The number of carbonyl (C=O) groups is 1. The van der Waals surface area contributed by atoms with Gasteiger partial charge in [-0.2, -0.15) is 0 Å². The van der Waals surface area contributed by atoms with E-state index in [1.807, 2.05) is 48.5 Å². The molecule has 0 radical (unpaired) electrons. The summed E-state index contributed by atoms with van der Waals surface area (Å²) in [4.78, 5) is 16.9. The summed E-state index contributed by atoms with van der Waals surface area (Å²) in [5, 5.41) is 6.42. The van der Waals surface area contributed by atoms with Crippen LogP contribution in [0, 0.1) is 0 Å². The lowest BCUT2D eigenvalue weighted by molar-refractivity contribution is 0.102. The molecule has 0 aliphatic heterocycles. The molecule has 1 aromatic heterocycles. The van der Waals surface area contributed by atoms with Crippen molar-refractivity contribution in [1.82, 2.24) is 4.98 Å². The van der Waals surface area contributed by atoms with Crippen LogP contribution in [0.3, 0.4) is 0 Å². The van der Waals surface area contributed by atoms with Gasteiger partial charge in [-0.1, -0.05) is 62.4 Å². The summed E-state index contributed by atoms with van der Waals surface area (Å²) in [5.41, 5.74) is 4.38. The first-order valence-electron chi connectivity index (χ1n) is 9.22. The minimum atomic E-state index is -0.209. The number of pyridine rings is 1. The predicted molar refractivity (Wildman–Crippen MR) is 111 cm³/mol. The molecular formula is C23H25N3O. The first-order valence-corrected chi connectivity index (χ1v) is 9.22. The van der Waals surface area contributed by atoms with Gasteiger partial charge in [-0.15, -0.1) is 0 Å². The van der Waals surface area contributed by atoms with E-state index < -0.39 is 0 Å². The number of nitrogens with zero attached hydrogens (tertiary/aromatic N) is 1. The summed E-state index contributed by atoms with van der Waals surface area (Å²) in [5.74, 6) is 0.119. The Hall–Kier alpha value is -3.14. The molecule has 0 aliphatic rings. The van der Waals surface area contributed by atoms with Gasteiger partial charge in [0, 0.05) is 23.6 Å². The van der Waals surface area contributed by atoms with E-state index in [1.54, 1.807) is 12.3 Å². The smallest absolute Gasteiger partial charge is 0.274 e. The second-order valence-electron chi connectivity index (χ2n) is 6.90. The minimum Gasteiger partial charge on any atom is -0.378 e. The van der Waals surface area contributed by atoms with Gasteiger partial charge < -0.3 is 10.6 Å². The number of amides is 1. The van der Waals surface area contributed by atoms with Crippen LogP contribution in [0.4, 0.5) is 11.4 Å². The topological polar surface area (TPSA) is 54.0 Å². The molecule has 1 atom stereocenters. The molecule has 0 bridgehead atoms.